The molecule has 0 fully saturated rings. The van der Waals surface area contributed by atoms with Crippen molar-refractivity contribution in [2.45, 2.75) is 39.3 Å². The molecule has 8 heteroatoms. The Hall–Kier alpha value is -2.87. The first-order chi connectivity index (χ1) is 13.9. The molecule has 0 bridgehead atoms. The Bertz CT molecular complexity index is 967. The number of methoxy groups -OCH3 is 1. The van der Waals surface area contributed by atoms with Crippen molar-refractivity contribution < 1.29 is 4.74 Å². The second-order valence-electron chi connectivity index (χ2n) is 7.48. The van der Waals surface area contributed by atoms with Gasteiger partial charge in [-0.2, -0.15) is 10.1 Å². The van der Waals surface area contributed by atoms with Gasteiger partial charge in [0, 0.05) is 18.2 Å². The fraction of sp³-hybridized carbons (Fsp3) is 0.476. The Morgan fingerprint density at radius 2 is 2.07 bits per heavy atom. The molecule has 2 heterocycles. The predicted octanol–water partition coefficient (Wildman–Crippen LogP) is 3.30. The van der Waals surface area contributed by atoms with Crippen LogP contribution < -0.4 is 15.8 Å². The number of hydrogen-bond donors (Lipinski definition) is 2. The molecule has 2 aromatic heterocycles. The monoisotopic (exact) mass is 397 g/mol. The summed E-state index contributed by atoms with van der Waals surface area (Å²) in [6, 6.07) is 6.64. The fourth-order valence-electron chi connectivity index (χ4n) is 3.19. The van der Waals surface area contributed by atoms with Crippen LogP contribution in [-0.2, 0) is 6.54 Å². The molecular weight excluding hydrogens is 366 g/mol. The van der Waals surface area contributed by atoms with E-state index in [0.717, 1.165) is 41.7 Å². The molecule has 0 saturated heterocycles. The molecule has 0 aliphatic heterocycles. The second kappa shape index (κ2) is 9.09. The van der Waals surface area contributed by atoms with Crippen LogP contribution in [0, 0.1) is 0 Å². The number of unbranched alkanes of at least 4 members (excludes halogenated alkanes) is 1. The van der Waals surface area contributed by atoms with Crippen LogP contribution in [0.4, 0.5) is 11.8 Å². The maximum Gasteiger partial charge on any atom is 0.222 e. The summed E-state index contributed by atoms with van der Waals surface area (Å²) in [5, 5.41) is 8.02. The van der Waals surface area contributed by atoms with Crippen molar-refractivity contribution >= 4 is 22.8 Å². The van der Waals surface area contributed by atoms with Crippen LogP contribution >= 0.6 is 0 Å². The van der Waals surface area contributed by atoms with Crippen molar-refractivity contribution in [3.63, 3.8) is 0 Å². The van der Waals surface area contributed by atoms with E-state index in [9.17, 15) is 0 Å². The third kappa shape index (κ3) is 4.76. The summed E-state index contributed by atoms with van der Waals surface area (Å²) in [5.74, 6) is 1.78. The highest BCUT2D eigenvalue weighted by Gasteiger charge is 2.14. The Labute approximate surface area is 172 Å². The molecule has 3 aromatic rings. The van der Waals surface area contributed by atoms with Crippen molar-refractivity contribution in [3.8, 4) is 5.75 Å². The van der Waals surface area contributed by atoms with E-state index in [2.05, 4.69) is 66.3 Å². The number of aromatic nitrogens is 4. The molecule has 0 saturated carbocycles. The summed E-state index contributed by atoms with van der Waals surface area (Å²) >= 11 is 0. The van der Waals surface area contributed by atoms with Gasteiger partial charge in [0.25, 0.3) is 0 Å². The summed E-state index contributed by atoms with van der Waals surface area (Å²) in [6.45, 7) is 5.72. The minimum Gasteiger partial charge on any atom is -0.496 e. The van der Waals surface area contributed by atoms with Crippen molar-refractivity contribution in [2.24, 2.45) is 0 Å². The van der Waals surface area contributed by atoms with Gasteiger partial charge in [0.1, 0.15) is 11.3 Å². The van der Waals surface area contributed by atoms with E-state index >= 15 is 0 Å². The lowest BCUT2D eigenvalue weighted by molar-refractivity contribution is 0.319. The first-order valence-electron chi connectivity index (χ1n) is 10.0. The zero-order valence-electron chi connectivity index (χ0n) is 17.9. The molecule has 0 spiro atoms. The minimum absolute atomic E-state index is 0.246. The number of nitrogens with zero attached hydrogens (tertiary/aromatic N) is 5. The molecule has 29 heavy (non-hydrogen) atoms. The Morgan fingerprint density at radius 3 is 2.76 bits per heavy atom. The molecule has 0 aliphatic rings. The van der Waals surface area contributed by atoms with Gasteiger partial charge in [0.15, 0.2) is 11.3 Å². The van der Waals surface area contributed by atoms with Gasteiger partial charge in [-0.1, -0.05) is 25.5 Å². The standard InChI is InChI=1S/C21H31N7O/c1-6-7-10-23-20-19-17(24-21(22)25-20)13-28(26-19)12-16-9-8-15(11-18(16)29-5)14(2)27(3)4/h8-9,11,13-14H,6-7,10,12H2,1-5H3,(H3,22,23,24,25)/t14-/m0/s1. The number of nitrogens with two attached hydrogens (primary N) is 1. The highest BCUT2D eigenvalue weighted by molar-refractivity contribution is 5.85. The maximum absolute atomic E-state index is 5.88. The highest BCUT2D eigenvalue weighted by atomic mass is 16.5. The molecule has 0 amide bonds. The van der Waals surface area contributed by atoms with Gasteiger partial charge in [0.05, 0.1) is 19.9 Å². The molecule has 8 nitrogen and oxygen atoms in total. The second-order valence-corrected chi connectivity index (χ2v) is 7.48. The van der Waals surface area contributed by atoms with Gasteiger partial charge in [-0.05, 0) is 39.1 Å². The van der Waals surface area contributed by atoms with Gasteiger partial charge >= 0.3 is 0 Å². The van der Waals surface area contributed by atoms with E-state index in [1.165, 1.54) is 5.56 Å². The average molecular weight is 398 g/mol. The molecular formula is C21H31N7O. The molecule has 0 radical (unpaired) electrons. The van der Waals surface area contributed by atoms with Crippen LogP contribution in [0.1, 0.15) is 43.9 Å². The fourth-order valence-corrected chi connectivity index (χ4v) is 3.19. The number of anilines is 2. The number of nitrogen functional groups attached to an aromatic ring is 1. The summed E-state index contributed by atoms with van der Waals surface area (Å²) in [7, 11) is 5.84. The molecule has 1 atom stereocenters. The Kier molecular flexibility index (Phi) is 6.53. The van der Waals surface area contributed by atoms with E-state index < -0.39 is 0 Å². The largest absolute Gasteiger partial charge is 0.496 e. The van der Waals surface area contributed by atoms with Gasteiger partial charge in [-0.3, -0.25) is 4.68 Å². The number of rotatable bonds is 9. The first-order valence-corrected chi connectivity index (χ1v) is 10.0. The van der Waals surface area contributed by atoms with E-state index in [1.807, 2.05) is 10.9 Å². The predicted molar refractivity (Wildman–Crippen MR) is 117 cm³/mol. The molecule has 3 rings (SSSR count). The highest BCUT2D eigenvalue weighted by Crippen LogP contribution is 2.27. The minimum atomic E-state index is 0.246. The number of hydrogen-bond acceptors (Lipinski definition) is 7. The molecule has 0 unspecified atom stereocenters. The van der Waals surface area contributed by atoms with Crippen LogP contribution in [0.25, 0.3) is 11.0 Å². The van der Waals surface area contributed by atoms with Crippen LogP contribution in [0.3, 0.4) is 0 Å². The van der Waals surface area contributed by atoms with Crippen molar-refractivity contribution in [1.29, 1.82) is 0 Å². The van der Waals surface area contributed by atoms with Crippen LogP contribution in [0.15, 0.2) is 24.4 Å². The molecule has 156 valence electrons. The lowest BCUT2D eigenvalue weighted by Crippen LogP contribution is -2.17. The normalized spacial score (nSPS) is 12.5. The molecule has 1 aromatic carbocycles. The van der Waals surface area contributed by atoms with Gasteiger partial charge in [-0.25, -0.2) is 4.98 Å². The Balaban J connectivity index is 1.89. The zero-order chi connectivity index (χ0) is 21.0. The van der Waals surface area contributed by atoms with Crippen LogP contribution in [-0.4, -0.2) is 52.4 Å². The van der Waals surface area contributed by atoms with E-state index in [0.29, 0.717) is 18.4 Å². The zero-order valence-corrected chi connectivity index (χ0v) is 17.9. The summed E-state index contributed by atoms with van der Waals surface area (Å²) in [4.78, 5) is 10.8. The molecule has 3 N–H and O–H groups in total. The lowest BCUT2D eigenvalue weighted by Gasteiger charge is -2.21. The van der Waals surface area contributed by atoms with Gasteiger partial charge in [-0.15, -0.1) is 0 Å². The van der Waals surface area contributed by atoms with E-state index in [4.69, 9.17) is 15.6 Å². The summed E-state index contributed by atoms with van der Waals surface area (Å²) in [6.07, 6.45) is 4.06. The summed E-state index contributed by atoms with van der Waals surface area (Å²) < 4.78 is 7.51. The SMILES string of the molecule is CCCCNc1nc(N)nc2cn(Cc3ccc([C@H](C)N(C)C)cc3OC)nc12. The maximum atomic E-state index is 5.88. The van der Waals surface area contributed by atoms with E-state index in [1.54, 1.807) is 7.11 Å². The topological polar surface area (TPSA) is 94.1 Å². The van der Waals surface area contributed by atoms with Crippen LogP contribution in [0.2, 0.25) is 0 Å². The van der Waals surface area contributed by atoms with Gasteiger partial charge < -0.3 is 20.7 Å². The van der Waals surface area contributed by atoms with Gasteiger partial charge in [0.2, 0.25) is 5.95 Å². The smallest absolute Gasteiger partial charge is 0.222 e. The number of benzene rings is 1. The Morgan fingerprint density at radius 1 is 1.28 bits per heavy atom. The lowest BCUT2D eigenvalue weighted by atomic mass is 10.0. The van der Waals surface area contributed by atoms with Crippen LogP contribution in [0.5, 0.6) is 5.75 Å². The first kappa shape index (κ1) is 20.9. The van der Waals surface area contributed by atoms with Crippen molar-refractivity contribution in [3.05, 3.63) is 35.5 Å². The van der Waals surface area contributed by atoms with Crippen molar-refractivity contribution in [1.82, 2.24) is 24.6 Å². The number of fused-ring (bicyclic) bond motifs is 1. The third-order valence-corrected chi connectivity index (χ3v) is 5.15. The van der Waals surface area contributed by atoms with E-state index in [-0.39, 0.29) is 5.95 Å². The summed E-state index contributed by atoms with van der Waals surface area (Å²) in [5.41, 5.74) is 9.60. The third-order valence-electron chi connectivity index (χ3n) is 5.15. The average Bonchev–Trinajstić information content (AvgIpc) is 3.10. The quantitative estimate of drug-likeness (QED) is 0.535. The van der Waals surface area contributed by atoms with Crippen molar-refractivity contribution in [2.75, 3.05) is 38.8 Å². The molecule has 0 aliphatic carbocycles. The number of nitrogens with one attached hydrogen (secondary N) is 1. The number of ether oxygens (including phenoxy) is 1.